The Hall–Kier alpha value is -2.80. The SMILES string of the molecule is Cn1nccc1-c1nc(-c2ccc(C3(N)CC(C)(O)C3)cc2)c(-c2ccccc2)s1. The Labute approximate surface area is 179 Å². The first kappa shape index (κ1) is 19.2. The molecule has 1 saturated carbocycles. The molecule has 2 heterocycles. The first-order chi connectivity index (χ1) is 14.3. The third-order valence-corrected chi connectivity index (χ3v) is 6.96. The van der Waals surface area contributed by atoms with Crippen molar-refractivity contribution >= 4 is 11.3 Å². The second-order valence-corrected chi connectivity index (χ2v) is 9.49. The summed E-state index contributed by atoms with van der Waals surface area (Å²) < 4.78 is 1.85. The quantitative estimate of drug-likeness (QED) is 0.511. The molecule has 6 heteroatoms. The topological polar surface area (TPSA) is 77.0 Å². The highest BCUT2D eigenvalue weighted by Crippen LogP contribution is 2.47. The average Bonchev–Trinajstić information content (AvgIpc) is 3.33. The third-order valence-electron chi connectivity index (χ3n) is 5.83. The summed E-state index contributed by atoms with van der Waals surface area (Å²) in [5, 5.41) is 15.4. The zero-order chi connectivity index (χ0) is 20.9. The third kappa shape index (κ3) is 3.27. The summed E-state index contributed by atoms with van der Waals surface area (Å²) in [6, 6.07) is 20.7. The molecule has 0 radical (unpaired) electrons. The zero-order valence-electron chi connectivity index (χ0n) is 17.0. The number of aliphatic hydroxyl groups is 1. The van der Waals surface area contributed by atoms with Crippen molar-refractivity contribution in [1.82, 2.24) is 14.8 Å². The molecule has 0 spiro atoms. The summed E-state index contributed by atoms with van der Waals surface area (Å²) in [4.78, 5) is 6.13. The van der Waals surface area contributed by atoms with E-state index in [0.717, 1.165) is 38.0 Å². The predicted molar refractivity (Wildman–Crippen MR) is 121 cm³/mol. The monoisotopic (exact) mass is 416 g/mol. The Bertz CT molecular complexity index is 1180. The maximum atomic E-state index is 10.1. The Kier molecular flexibility index (Phi) is 4.39. The number of nitrogens with zero attached hydrogens (tertiary/aromatic N) is 3. The average molecular weight is 417 g/mol. The lowest BCUT2D eigenvalue weighted by atomic mass is 9.63. The molecule has 0 saturated heterocycles. The van der Waals surface area contributed by atoms with Crippen molar-refractivity contribution in [2.24, 2.45) is 12.8 Å². The fourth-order valence-electron chi connectivity index (χ4n) is 4.47. The number of rotatable bonds is 4. The molecule has 1 aliphatic carbocycles. The Morgan fingerprint density at radius 2 is 1.70 bits per heavy atom. The first-order valence-corrected chi connectivity index (χ1v) is 10.8. The van der Waals surface area contributed by atoms with E-state index in [0.29, 0.717) is 12.8 Å². The van der Waals surface area contributed by atoms with Gasteiger partial charge in [-0.25, -0.2) is 4.98 Å². The molecule has 0 aliphatic heterocycles. The lowest BCUT2D eigenvalue weighted by Gasteiger charge is -2.49. The molecule has 152 valence electrons. The summed E-state index contributed by atoms with van der Waals surface area (Å²) in [6.45, 7) is 1.84. The van der Waals surface area contributed by atoms with E-state index in [1.54, 1.807) is 17.5 Å². The summed E-state index contributed by atoms with van der Waals surface area (Å²) >= 11 is 1.67. The summed E-state index contributed by atoms with van der Waals surface area (Å²) in [5.41, 5.74) is 10.6. The van der Waals surface area contributed by atoms with Crippen LogP contribution >= 0.6 is 11.3 Å². The normalized spacial score (nSPS) is 23.3. The number of thiazole rings is 1. The van der Waals surface area contributed by atoms with Crippen LogP contribution in [-0.2, 0) is 12.6 Å². The van der Waals surface area contributed by atoms with Gasteiger partial charge in [0, 0.05) is 24.3 Å². The van der Waals surface area contributed by atoms with Crippen LogP contribution in [0.15, 0.2) is 66.9 Å². The van der Waals surface area contributed by atoms with Gasteiger partial charge >= 0.3 is 0 Å². The van der Waals surface area contributed by atoms with Gasteiger partial charge in [0.1, 0.15) is 5.01 Å². The second-order valence-electron chi connectivity index (χ2n) is 8.49. The number of benzene rings is 2. The van der Waals surface area contributed by atoms with Crippen LogP contribution in [0, 0.1) is 0 Å². The van der Waals surface area contributed by atoms with E-state index in [2.05, 4.69) is 41.5 Å². The fraction of sp³-hybridized carbons (Fsp3) is 0.250. The highest BCUT2D eigenvalue weighted by molar-refractivity contribution is 7.18. The van der Waals surface area contributed by atoms with Crippen molar-refractivity contribution in [2.45, 2.75) is 30.9 Å². The molecule has 1 aliphatic rings. The lowest BCUT2D eigenvalue weighted by Crippen LogP contribution is -2.58. The van der Waals surface area contributed by atoms with Crippen molar-refractivity contribution in [3.63, 3.8) is 0 Å². The van der Waals surface area contributed by atoms with Gasteiger partial charge in [0.05, 0.1) is 21.9 Å². The van der Waals surface area contributed by atoms with Gasteiger partial charge in [-0.1, -0.05) is 54.6 Å². The smallest absolute Gasteiger partial charge is 0.142 e. The van der Waals surface area contributed by atoms with E-state index in [9.17, 15) is 5.11 Å². The number of hydrogen-bond acceptors (Lipinski definition) is 5. The van der Waals surface area contributed by atoms with Crippen LogP contribution in [0.5, 0.6) is 0 Å². The van der Waals surface area contributed by atoms with E-state index in [1.165, 1.54) is 0 Å². The van der Waals surface area contributed by atoms with E-state index in [-0.39, 0.29) is 0 Å². The number of hydrogen-bond donors (Lipinski definition) is 2. The van der Waals surface area contributed by atoms with Crippen LogP contribution < -0.4 is 5.73 Å². The highest BCUT2D eigenvalue weighted by Gasteiger charge is 2.49. The van der Waals surface area contributed by atoms with E-state index >= 15 is 0 Å². The molecule has 1 fully saturated rings. The molecule has 5 nitrogen and oxygen atoms in total. The van der Waals surface area contributed by atoms with Crippen molar-refractivity contribution in [3.05, 3.63) is 72.4 Å². The summed E-state index contributed by atoms with van der Waals surface area (Å²) in [7, 11) is 1.93. The van der Waals surface area contributed by atoms with E-state index in [4.69, 9.17) is 10.7 Å². The van der Waals surface area contributed by atoms with Gasteiger partial charge in [0.25, 0.3) is 0 Å². The first-order valence-electron chi connectivity index (χ1n) is 10.0. The van der Waals surface area contributed by atoms with Gasteiger partial charge < -0.3 is 10.8 Å². The predicted octanol–water partition coefficient (Wildman–Crippen LogP) is 4.58. The van der Waals surface area contributed by atoms with Gasteiger partial charge in [-0.05, 0) is 37.0 Å². The van der Waals surface area contributed by atoms with Gasteiger partial charge in [0.15, 0.2) is 0 Å². The van der Waals surface area contributed by atoms with Gasteiger partial charge in [-0.15, -0.1) is 11.3 Å². The molecular weight excluding hydrogens is 392 g/mol. The minimum absolute atomic E-state index is 0.452. The van der Waals surface area contributed by atoms with Gasteiger partial charge in [0.2, 0.25) is 0 Å². The molecule has 0 amide bonds. The molecule has 0 atom stereocenters. The number of nitrogens with two attached hydrogens (primary N) is 1. The molecular formula is C24H24N4OS. The molecule has 5 rings (SSSR count). The van der Waals surface area contributed by atoms with Crippen LogP contribution in [-0.4, -0.2) is 25.5 Å². The van der Waals surface area contributed by atoms with Gasteiger partial charge in [-0.3, -0.25) is 4.68 Å². The highest BCUT2D eigenvalue weighted by atomic mass is 32.1. The number of aromatic nitrogens is 3. The van der Waals surface area contributed by atoms with Crippen LogP contribution in [0.2, 0.25) is 0 Å². The maximum absolute atomic E-state index is 10.1. The largest absolute Gasteiger partial charge is 0.390 e. The van der Waals surface area contributed by atoms with Crippen molar-refractivity contribution < 1.29 is 5.11 Å². The molecule has 2 aromatic carbocycles. The second kappa shape index (κ2) is 6.87. The molecule has 2 aromatic heterocycles. The maximum Gasteiger partial charge on any atom is 0.142 e. The summed E-state index contributed by atoms with van der Waals surface area (Å²) in [6.07, 6.45) is 2.95. The lowest BCUT2D eigenvalue weighted by molar-refractivity contribution is -0.0738. The molecule has 0 bridgehead atoms. The van der Waals surface area contributed by atoms with Crippen LogP contribution in [0.1, 0.15) is 25.3 Å². The van der Waals surface area contributed by atoms with Gasteiger partial charge in [-0.2, -0.15) is 5.10 Å². The van der Waals surface area contributed by atoms with E-state index in [1.807, 2.05) is 42.9 Å². The molecule has 30 heavy (non-hydrogen) atoms. The van der Waals surface area contributed by atoms with E-state index < -0.39 is 11.1 Å². The molecule has 4 aromatic rings. The van der Waals surface area contributed by atoms with Crippen LogP contribution in [0.3, 0.4) is 0 Å². The van der Waals surface area contributed by atoms with Crippen molar-refractivity contribution in [2.75, 3.05) is 0 Å². The number of aryl methyl sites for hydroxylation is 1. The Balaban J connectivity index is 1.56. The molecule has 3 N–H and O–H groups in total. The Morgan fingerprint density at radius 3 is 2.30 bits per heavy atom. The van der Waals surface area contributed by atoms with Crippen molar-refractivity contribution in [1.29, 1.82) is 0 Å². The fourth-order valence-corrected chi connectivity index (χ4v) is 5.61. The summed E-state index contributed by atoms with van der Waals surface area (Å²) in [5.74, 6) is 0. The van der Waals surface area contributed by atoms with Crippen molar-refractivity contribution in [3.8, 4) is 32.4 Å². The minimum atomic E-state index is -0.666. The standard InChI is InChI=1S/C24H24N4OS/c1-23(29)14-24(25,15-23)18-10-8-16(9-11-18)20-21(17-6-4-3-5-7-17)30-22(27-20)19-12-13-26-28(19)2/h3-13,29H,14-15,25H2,1-2H3. The zero-order valence-corrected chi connectivity index (χ0v) is 17.9. The minimum Gasteiger partial charge on any atom is -0.390 e. The Morgan fingerprint density at radius 1 is 1.00 bits per heavy atom. The van der Waals surface area contributed by atoms with Crippen LogP contribution in [0.25, 0.3) is 32.4 Å². The molecule has 0 unspecified atom stereocenters. The van der Waals surface area contributed by atoms with Crippen LogP contribution in [0.4, 0.5) is 0 Å².